The third-order valence-corrected chi connectivity index (χ3v) is 7.04. The van der Waals surface area contributed by atoms with Crippen molar-refractivity contribution in [2.45, 2.75) is 75.6 Å². The van der Waals surface area contributed by atoms with Gasteiger partial charge < -0.3 is 15.5 Å². The van der Waals surface area contributed by atoms with Crippen LogP contribution in [0.3, 0.4) is 0 Å². The Morgan fingerprint density at radius 1 is 1.24 bits per heavy atom. The van der Waals surface area contributed by atoms with Gasteiger partial charge in [0.15, 0.2) is 0 Å². The maximum atomic E-state index is 12.8. The van der Waals surface area contributed by atoms with E-state index in [1.54, 1.807) is 0 Å². The molecule has 10 heteroatoms. The summed E-state index contributed by atoms with van der Waals surface area (Å²) in [7, 11) is -3.77. The predicted molar refractivity (Wildman–Crippen MR) is 109 cm³/mol. The van der Waals surface area contributed by atoms with E-state index in [1.807, 2.05) is 6.08 Å². The van der Waals surface area contributed by atoms with Gasteiger partial charge in [-0.1, -0.05) is 6.08 Å². The molecule has 1 heterocycles. The number of hydrogen-bond donors (Lipinski definition) is 3. The molecule has 0 aromatic carbocycles. The highest BCUT2D eigenvalue weighted by Crippen LogP contribution is 2.36. The minimum absolute atomic E-state index is 0.294. The molecule has 2 fully saturated rings. The monoisotopic (exact) mass is 428 g/mol. The van der Waals surface area contributed by atoms with Gasteiger partial charge in [-0.05, 0) is 58.8 Å². The molecule has 1 aliphatic heterocycles. The highest BCUT2D eigenvalue weighted by Gasteiger charge is 2.53. The lowest BCUT2D eigenvalue weighted by atomic mass is 10.1. The molecule has 2 rings (SSSR count). The largest absolute Gasteiger partial charge is 0.340 e. The van der Waals surface area contributed by atoms with Gasteiger partial charge >= 0.3 is 6.03 Å². The Labute approximate surface area is 172 Å². The SMILES string of the molecule is C=CCCCCNC(=O)N1CCC[C@H]1C(=O)NC1(C(=O)NS(=O)(=O)C(C)C)CC1. The van der Waals surface area contributed by atoms with Crippen molar-refractivity contribution < 1.29 is 22.8 Å². The van der Waals surface area contributed by atoms with Gasteiger partial charge in [0.05, 0.1) is 5.25 Å². The van der Waals surface area contributed by atoms with Crippen LogP contribution in [-0.2, 0) is 19.6 Å². The fourth-order valence-electron chi connectivity index (χ4n) is 3.19. The second kappa shape index (κ2) is 9.60. The van der Waals surface area contributed by atoms with E-state index in [0.29, 0.717) is 38.8 Å². The first-order chi connectivity index (χ1) is 13.6. The molecule has 1 saturated heterocycles. The molecule has 4 amide bonds. The van der Waals surface area contributed by atoms with Crippen LogP contribution >= 0.6 is 0 Å². The molecule has 0 bridgehead atoms. The fraction of sp³-hybridized carbons (Fsp3) is 0.737. The van der Waals surface area contributed by atoms with Gasteiger partial charge in [-0.15, -0.1) is 6.58 Å². The molecular formula is C19H32N4O5S. The molecule has 0 radical (unpaired) electrons. The Morgan fingerprint density at radius 2 is 1.93 bits per heavy atom. The number of hydrogen-bond acceptors (Lipinski definition) is 5. The van der Waals surface area contributed by atoms with Crippen LogP contribution in [0.4, 0.5) is 4.79 Å². The van der Waals surface area contributed by atoms with E-state index >= 15 is 0 Å². The summed E-state index contributed by atoms with van der Waals surface area (Å²) in [5.41, 5.74) is -1.20. The van der Waals surface area contributed by atoms with Gasteiger partial charge in [0, 0.05) is 13.1 Å². The van der Waals surface area contributed by atoms with Crippen LogP contribution < -0.4 is 15.4 Å². The van der Waals surface area contributed by atoms with E-state index in [1.165, 1.54) is 18.7 Å². The summed E-state index contributed by atoms with van der Waals surface area (Å²) in [6.45, 7) is 7.60. The lowest BCUT2D eigenvalue weighted by molar-refractivity contribution is -0.131. The zero-order valence-corrected chi connectivity index (χ0v) is 18.0. The average molecular weight is 429 g/mol. The second-order valence-electron chi connectivity index (χ2n) is 7.96. The summed E-state index contributed by atoms with van der Waals surface area (Å²) in [5.74, 6) is -1.13. The van der Waals surface area contributed by atoms with Crippen molar-refractivity contribution in [3.05, 3.63) is 12.7 Å². The number of likely N-dealkylation sites (tertiary alicyclic amines) is 1. The van der Waals surface area contributed by atoms with Crippen molar-refractivity contribution in [3.63, 3.8) is 0 Å². The summed E-state index contributed by atoms with van der Waals surface area (Å²) in [4.78, 5) is 39.1. The number of nitrogens with one attached hydrogen (secondary N) is 3. The Balaban J connectivity index is 1.91. The minimum Gasteiger partial charge on any atom is -0.340 e. The number of amides is 4. The lowest BCUT2D eigenvalue weighted by Gasteiger charge is -2.26. The number of urea groups is 1. The number of carbonyl (C=O) groups is 3. The van der Waals surface area contributed by atoms with E-state index in [9.17, 15) is 22.8 Å². The number of sulfonamides is 1. The summed E-state index contributed by atoms with van der Waals surface area (Å²) in [6.07, 6.45) is 6.45. The molecule has 1 atom stereocenters. The molecule has 2 aliphatic rings. The molecule has 0 aromatic heterocycles. The van der Waals surface area contributed by atoms with Crippen molar-refractivity contribution in [1.82, 2.24) is 20.3 Å². The molecular weight excluding hydrogens is 396 g/mol. The first-order valence-corrected chi connectivity index (χ1v) is 11.7. The zero-order chi connectivity index (χ0) is 21.7. The number of rotatable bonds is 10. The first-order valence-electron chi connectivity index (χ1n) is 10.2. The third-order valence-electron chi connectivity index (χ3n) is 5.33. The number of allylic oxidation sites excluding steroid dienone is 1. The van der Waals surface area contributed by atoms with E-state index < -0.39 is 38.7 Å². The molecule has 0 unspecified atom stereocenters. The van der Waals surface area contributed by atoms with Crippen LogP contribution in [0.15, 0.2) is 12.7 Å². The molecule has 3 N–H and O–H groups in total. The van der Waals surface area contributed by atoms with Crippen LogP contribution in [0.1, 0.15) is 58.8 Å². The number of nitrogens with zero attached hydrogens (tertiary/aromatic N) is 1. The van der Waals surface area contributed by atoms with Gasteiger partial charge in [-0.2, -0.15) is 0 Å². The third kappa shape index (κ3) is 5.94. The Kier molecular flexibility index (Phi) is 7.67. The smallest absolute Gasteiger partial charge is 0.318 e. The Bertz CT molecular complexity index is 746. The molecule has 1 aliphatic carbocycles. The maximum absolute atomic E-state index is 12.8. The van der Waals surface area contributed by atoms with Crippen molar-refractivity contribution in [2.75, 3.05) is 13.1 Å². The molecule has 29 heavy (non-hydrogen) atoms. The Hall–Kier alpha value is -2.10. The fourth-order valence-corrected chi connectivity index (χ4v) is 3.88. The molecule has 0 aromatic rings. The zero-order valence-electron chi connectivity index (χ0n) is 17.2. The van der Waals surface area contributed by atoms with Gasteiger partial charge in [-0.3, -0.25) is 14.3 Å². The van der Waals surface area contributed by atoms with Crippen LogP contribution in [0.5, 0.6) is 0 Å². The van der Waals surface area contributed by atoms with Gasteiger partial charge in [0.1, 0.15) is 11.6 Å². The quantitative estimate of drug-likeness (QED) is 0.354. The molecule has 164 valence electrons. The highest BCUT2D eigenvalue weighted by atomic mass is 32.2. The van der Waals surface area contributed by atoms with Gasteiger partial charge in [-0.25, -0.2) is 13.2 Å². The number of carbonyl (C=O) groups excluding carboxylic acids is 3. The average Bonchev–Trinajstić information content (AvgIpc) is 3.26. The summed E-state index contributed by atoms with van der Waals surface area (Å²) in [6, 6.07) is -0.951. The van der Waals surface area contributed by atoms with E-state index in [4.69, 9.17) is 0 Å². The summed E-state index contributed by atoms with van der Waals surface area (Å²) < 4.78 is 26.0. The number of unbranched alkanes of at least 4 members (excludes halogenated alkanes) is 2. The lowest BCUT2D eigenvalue weighted by Crippen LogP contribution is -2.56. The molecule has 9 nitrogen and oxygen atoms in total. The second-order valence-corrected chi connectivity index (χ2v) is 10.2. The molecule has 1 saturated carbocycles. The van der Waals surface area contributed by atoms with E-state index in [-0.39, 0.29) is 6.03 Å². The topological polar surface area (TPSA) is 125 Å². The minimum atomic E-state index is -3.77. The van der Waals surface area contributed by atoms with E-state index in [2.05, 4.69) is 21.9 Å². The maximum Gasteiger partial charge on any atom is 0.318 e. The summed E-state index contributed by atoms with van der Waals surface area (Å²) in [5, 5.41) is 4.77. The predicted octanol–water partition coefficient (Wildman–Crippen LogP) is 1.02. The van der Waals surface area contributed by atoms with Gasteiger partial charge in [0.25, 0.3) is 5.91 Å². The van der Waals surface area contributed by atoms with Crippen LogP contribution in [-0.4, -0.2) is 61.1 Å². The van der Waals surface area contributed by atoms with Crippen molar-refractivity contribution >= 4 is 27.9 Å². The molecule has 0 spiro atoms. The van der Waals surface area contributed by atoms with Crippen molar-refractivity contribution in [1.29, 1.82) is 0 Å². The van der Waals surface area contributed by atoms with E-state index in [0.717, 1.165) is 19.3 Å². The highest BCUT2D eigenvalue weighted by molar-refractivity contribution is 7.90. The van der Waals surface area contributed by atoms with Crippen molar-refractivity contribution in [2.24, 2.45) is 0 Å². The standard InChI is InChI=1S/C19H32N4O5S/c1-4-5-6-7-12-20-18(26)23-13-8-9-15(23)16(24)21-19(10-11-19)17(25)22-29(27,28)14(2)3/h4,14-15H,1,5-13H2,2-3H3,(H,20,26)(H,21,24)(H,22,25)/t15-/m0/s1. The van der Waals surface area contributed by atoms with Gasteiger partial charge in [0.2, 0.25) is 15.9 Å². The van der Waals surface area contributed by atoms with Crippen LogP contribution in [0.25, 0.3) is 0 Å². The van der Waals surface area contributed by atoms with Crippen LogP contribution in [0.2, 0.25) is 0 Å². The first kappa shape index (κ1) is 23.2. The van der Waals surface area contributed by atoms with Crippen molar-refractivity contribution in [3.8, 4) is 0 Å². The summed E-state index contributed by atoms with van der Waals surface area (Å²) >= 11 is 0. The van der Waals surface area contributed by atoms with Crippen LogP contribution in [0, 0.1) is 0 Å². The Morgan fingerprint density at radius 3 is 2.52 bits per heavy atom. The normalized spacial score (nSPS) is 20.2.